The van der Waals surface area contributed by atoms with E-state index in [0.717, 1.165) is 16.5 Å². The van der Waals surface area contributed by atoms with Gasteiger partial charge in [0.05, 0.1) is 11.4 Å². The van der Waals surface area contributed by atoms with Gasteiger partial charge in [0, 0.05) is 10.6 Å². The first-order valence-electron chi connectivity index (χ1n) is 7.90. The van der Waals surface area contributed by atoms with Crippen LogP contribution in [0, 0.1) is 0 Å². The van der Waals surface area contributed by atoms with E-state index in [1.165, 1.54) is 11.8 Å². The monoisotopic (exact) mass is 380 g/mol. The first-order valence-corrected chi connectivity index (χ1v) is 9.26. The molecule has 0 amide bonds. The molecule has 4 rings (SSSR count). The van der Waals surface area contributed by atoms with Crippen LogP contribution >= 0.6 is 23.4 Å². The number of hydrogen-bond acceptors (Lipinski definition) is 5. The molecule has 5 nitrogen and oxygen atoms in total. The van der Waals surface area contributed by atoms with Crippen LogP contribution < -0.4 is 0 Å². The molecule has 3 aromatic carbocycles. The molecule has 26 heavy (non-hydrogen) atoms. The summed E-state index contributed by atoms with van der Waals surface area (Å²) < 4.78 is 1.59. The maximum absolute atomic E-state index is 12.6. The van der Waals surface area contributed by atoms with Crippen LogP contribution in [0.5, 0.6) is 0 Å². The summed E-state index contributed by atoms with van der Waals surface area (Å²) in [6.07, 6.45) is 0. The zero-order chi connectivity index (χ0) is 17.9. The van der Waals surface area contributed by atoms with Gasteiger partial charge in [0.2, 0.25) is 5.16 Å². The number of ketones is 1. The van der Waals surface area contributed by atoms with Crippen molar-refractivity contribution in [3.05, 3.63) is 77.3 Å². The van der Waals surface area contributed by atoms with Crippen LogP contribution in [-0.4, -0.2) is 31.7 Å². The molecule has 0 aliphatic carbocycles. The number of benzene rings is 3. The fourth-order valence-electron chi connectivity index (χ4n) is 2.59. The first kappa shape index (κ1) is 16.8. The average Bonchev–Trinajstić information content (AvgIpc) is 3.15. The third kappa shape index (κ3) is 3.47. The highest BCUT2D eigenvalue weighted by Gasteiger charge is 2.13. The predicted molar refractivity (Wildman–Crippen MR) is 103 cm³/mol. The van der Waals surface area contributed by atoms with E-state index in [9.17, 15) is 4.79 Å². The highest BCUT2D eigenvalue weighted by Crippen LogP contribution is 2.22. The summed E-state index contributed by atoms with van der Waals surface area (Å²) in [4.78, 5) is 12.6. The average molecular weight is 381 g/mol. The number of thioether (sulfide) groups is 1. The summed E-state index contributed by atoms with van der Waals surface area (Å²) in [5.74, 6) is 0.290. The highest BCUT2D eigenvalue weighted by atomic mass is 35.5. The number of rotatable bonds is 5. The summed E-state index contributed by atoms with van der Waals surface area (Å²) in [7, 11) is 0. The number of carbonyl (C=O) groups excluding carboxylic acids is 1. The topological polar surface area (TPSA) is 60.7 Å². The van der Waals surface area contributed by atoms with Gasteiger partial charge < -0.3 is 0 Å². The van der Waals surface area contributed by atoms with Gasteiger partial charge in [-0.2, -0.15) is 4.68 Å². The summed E-state index contributed by atoms with van der Waals surface area (Å²) in [6.45, 7) is 0. The molecule has 128 valence electrons. The Morgan fingerprint density at radius 3 is 2.58 bits per heavy atom. The Kier molecular flexibility index (Phi) is 4.69. The van der Waals surface area contributed by atoms with Crippen LogP contribution in [0.2, 0.25) is 5.02 Å². The lowest BCUT2D eigenvalue weighted by molar-refractivity contribution is 0.102. The van der Waals surface area contributed by atoms with Crippen molar-refractivity contribution >= 4 is 39.9 Å². The van der Waals surface area contributed by atoms with Crippen molar-refractivity contribution in [3.63, 3.8) is 0 Å². The molecule has 0 spiro atoms. The van der Waals surface area contributed by atoms with E-state index in [1.807, 2.05) is 54.6 Å². The predicted octanol–water partition coefficient (Wildman–Crippen LogP) is 4.44. The van der Waals surface area contributed by atoms with E-state index in [4.69, 9.17) is 11.6 Å². The van der Waals surface area contributed by atoms with E-state index in [2.05, 4.69) is 15.5 Å². The van der Waals surface area contributed by atoms with Crippen molar-refractivity contribution in [3.8, 4) is 5.69 Å². The number of aromatic nitrogens is 4. The third-order valence-corrected chi connectivity index (χ3v) is 5.09. The molecule has 0 saturated carbocycles. The Morgan fingerprint density at radius 2 is 1.77 bits per heavy atom. The number of halogens is 1. The summed E-state index contributed by atoms with van der Waals surface area (Å²) in [5, 5.41) is 15.1. The van der Waals surface area contributed by atoms with Gasteiger partial charge in [0.15, 0.2) is 5.78 Å². The Labute approximate surface area is 159 Å². The second-order valence-electron chi connectivity index (χ2n) is 5.62. The standard InChI is InChI=1S/C19H13ClN4OS/c20-16-7-9-17(10-8-16)24-19(21-22-23-24)26-12-18(25)15-6-5-13-3-1-2-4-14(13)11-15/h1-11H,12H2. The molecule has 0 radical (unpaired) electrons. The fourth-order valence-corrected chi connectivity index (χ4v) is 3.50. The number of tetrazole rings is 1. The SMILES string of the molecule is O=C(CSc1nnnn1-c1ccc(Cl)cc1)c1ccc2ccccc2c1. The summed E-state index contributed by atoms with van der Waals surface area (Å²) >= 11 is 7.22. The van der Waals surface area contributed by atoms with Crippen LogP contribution in [0.4, 0.5) is 0 Å². The van der Waals surface area contributed by atoms with Gasteiger partial charge in [0.25, 0.3) is 0 Å². The Morgan fingerprint density at radius 1 is 1.00 bits per heavy atom. The smallest absolute Gasteiger partial charge is 0.214 e. The van der Waals surface area contributed by atoms with Gasteiger partial charge in [0.1, 0.15) is 0 Å². The lowest BCUT2D eigenvalue weighted by Gasteiger charge is -2.05. The Bertz CT molecular complexity index is 1080. The number of nitrogens with zero attached hydrogens (tertiary/aromatic N) is 4. The van der Waals surface area contributed by atoms with Crippen LogP contribution in [0.25, 0.3) is 16.5 Å². The quantitative estimate of drug-likeness (QED) is 0.378. The van der Waals surface area contributed by atoms with Crippen LogP contribution in [0.1, 0.15) is 10.4 Å². The van der Waals surface area contributed by atoms with Crippen molar-refractivity contribution in [1.29, 1.82) is 0 Å². The molecule has 4 aromatic rings. The van der Waals surface area contributed by atoms with E-state index in [1.54, 1.807) is 16.8 Å². The van der Waals surface area contributed by atoms with Gasteiger partial charge in [-0.15, -0.1) is 5.10 Å². The molecule has 0 atom stereocenters. The molecule has 0 saturated heterocycles. The fraction of sp³-hybridized carbons (Fsp3) is 0.0526. The van der Waals surface area contributed by atoms with E-state index < -0.39 is 0 Å². The number of carbonyl (C=O) groups is 1. The maximum Gasteiger partial charge on any atom is 0.214 e. The minimum Gasteiger partial charge on any atom is -0.293 e. The summed E-state index contributed by atoms with van der Waals surface area (Å²) in [6, 6.07) is 20.9. The van der Waals surface area contributed by atoms with Gasteiger partial charge in [-0.25, -0.2) is 0 Å². The highest BCUT2D eigenvalue weighted by molar-refractivity contribution is 7.99. The molecule has 0 bridgehead atoms. The molecule has 1 heterocycles. The van der Waals surface area contributed by atoms with Crippen LogP contribution in [0.3, 0.4) is 0 Å². The van der Waals surface area contributed by atoms with Gasteiger partial charge in [-0.05, 0) is 51.5 Å². The Hall–Kier alpha value is -2.70. The molecule has 0 fully saturated rings. The van der Waals surface area contributed by atoms with Crippen molar-refractivity contribution in [1.82, 2.24) is 20.2 Å². The molecule has 7 heteroatoms. The van der Waals surface area contributed by atoms with Crippen molar-refractivity contribution in [2.24, 2.45) is 0 Å². The second-order valence-corrected chi connectivity index (χ2v) is 7.00. The van der Waals surface area contributed by atoms with E-state index >= 15 is 0 Å². The van der Waals surface area contributed by atoms with Crippen molar-refractivity contribution in [2.45, 2.75) is 5.16 Å². The summed E-state index contributed by atoms with van der Waals surface area (Å²) in [5.41, 5.74) is 1.47. The maximum atomic E-state index is 12.6. The third-order valence-electron chi connectivity index (χ3n) is 3.92. The molecular weight excluding hydrogens is 368 g/mol. The van der Waals surface area contributed by atoms with Crippen molar-refractivity contribution < 1.29 is 4.79 Å². The lowest BCUT2D eigenvalue weighted by Crippen LogP contribution is -2.05. The minimum atomic E-state index is 0.0337. The van der Waals surface area contributed by atoms with Gasteiger partial charge >= 0.3 is 0 Å². The molecule has 0 N–H and O–H groups in total. The zero-order valence-corrected chi connectivity index (χ0v) is 15.1. The van der Waals surface area contributed by atoms with Crippen LogP contribution in [-0.2, 0) is 0 Å². The number of Topliss-reactive ketones (excluding diaryl/α,β-unsaturated/α-hetero) is 1. The number of fused-ring (bicyclic) bond motifs is 1. The zero-order valence-electron chi connectivity index (χ0n) is 13.5. The molecule has 0 unspecified atom stereocenters. The number of hydrogen-bond donors (Lipinski definition) is 0. The molecule has 1 aromatic heterocycles. The molecular formula is C19H13ClN4OS. The van der Waals surface area contributed by atoms with Crippen LogP contribution in [0.15, 0.2) is 71.9 Å². The lowest BCUT2D eigenvalue weighted by atomic mass is 10.1. The molecule has 0 aliphatic heterocycles. The first-order chi connectivity index (χ1) is 12.7. The second kappa shape index (κ2) is 7.27. The van der Waals surface area contributed by atoms with Gasteiger partial charge in [-0.1, -0.05) is 59.8 Å². The van der Waals surface area contributed by atoms with E-state index in [0.29, 0.717) is 15.7 Å². The molecule has 0 aliphatic rings. The van der Waals surface area contributed by atoms with E-state index in [-0.39, 0.29) is 11.5 Å². The minimum absolute atomic E-state index is 0.0337. The largest absolute Gasteiger partial charge is 0.293 e. The van der Waals surface area contributed by atoms with Gasteiger partial charge in [-0.3, -0.25) is 4.79 Å². The normalized spacial score (nSPS) is 11.0. The van der Waals surface area contributed by atoms with Crippen molar-refractivity contribution in [2.75, 3.05) is 5.75 Å². The Balaban J connectivity index is 1.51.